The quantitative estimate of drug-likeness (QED) is 0.172. The zero-order valence-corrected chi connectivity index (χ0v) is 29.3. The third-order valence-electron chi connectivity index (χ3n) is 14.3. The predicted octanol–water partition coefficient (Wildman–Crippen LogP) is 10.2. The second-order valence-electron chi connectivity index (χ2n) is 15.6. The number of aliphatic hydroxyl groups excluding tert-OH is 1. The van der Waals surface area contributed by atoms with Crippen LogP contribution in [-0.2, 0) is 0 Å². The van der Waals surface area contributed by atoms with Crippen LogP contribution in [-0.4, -0.2) is 21.5 Å². The highest BCUT2D eigenvalue weighted by atomic mass is 35.5. The van der Waals surface area contributed by atoms with Crippen molar-refractivity contribution in [1.29, 1.82) is 0 Å². The van der Waals surface area contributed by atoms with Crippen molar-refractivity contribution in [2.24, 2.45) is 43.2 Å². The number of allylic oxidation sites excluding steroid dienone is 1. The van der Waals surface area contributed by atoms with Crippen LogP contribution < -0.4 is 4.80 Å². The van der Waals surface area contributed by atoms with Crippen LogP contribution in [0.1, 0.15) is 92.9 Å². The Kier molecular flexibility index (Phi) is 7.47. The number of nitrogens with zero attached hydrogens (tertiary/aromatic N) is 3. The fourth-order valence-electron chi connectivity index (χ4n) is 10.9. The van der Waals surface area contributed by atoms with Crippen molar-refractivity contribution >= 4 is 28.6 Å². The van der Waals surface area contributed by atoms with E-state index < -0.39 is 0 Å². The molecule has 0 saturated heterocycles. The molecule has 0 amide bonds. The maximum atomic E-state index is 10.6. The van der Waals surface area contributed by atoms with Gasteiger partial charge in [0.25, 0.3) is 0 Å². The standard InChI is InChI=1S/C39H48ClN3OS/c1-26(41-42-34-43(30-10-8-7-9-11-30)33(25-45-34)27-12-14-29(40)15-13-27)32-18-21-37(4)36(32,3)22-23-38(5)35(2)19-17-31(44)24-28(35)16-20-39(37,38)6/h7-16,25,31-32,44H,17-24H2,1-6H3/b41-26+,42-34-/t31-,32?,35-,36+,37+,38+,39-/m0/s1. The molecule has 0 aliphatic heterocycles. The Labute approximate surface area is 278 Å². The van der Waals surface area contributed by atoms with Gasteiger partial charge < -0.3 is 5.11 Å². The van der Waals surface area contributed by atoms with Gasteiger partial charge in [-0.15, -0.1) is 16.4 Å². The van der Waals surface area contributed by atoms with Crippen LogP contribution in [0.25, 0.3) is 16.9 Å². The number of benzene rings is 2. The van der Waals surface area contributed by atoms with E-state index >= 15 is 0 Å². The van der Waals surface area contributed by atoms with Gasteiger partial charge in [-0.3, -0.25) is 4.57 Å². The Morgan fingerprint density at radius 2 is 1.62 bits per heavy atom. The number of rotatable bonds is 4. The summed E-state index contributed by atoms with van der Waals surface area (Å²) in [4.78, 5) is 0.872. The summed E-state index contributed by atoms with van der Waals surface area (Å²) in [6.45, 7) is 15.2. The molecule has 3 fully saturated rings. The van der Waals surface area contributed by atoms with Crippen LogP contribution in [0.2, 0.25) is 5.02 Å². The zero-order valence-electron chi connectivity index (χ0n) is 27.7. The van der Waals surface area contributed by atoms with Gasteiger partial charge in [-0.05, 0) is 115 Å². The van der Waals surface area contributed by atoms with Gasteiger partial charge in [-0.2, -0.15) is 5.10 Å². The van der Waals surface area contributed by atoms with Crippen LogP contribution in [0.4, 0.5) is 0 Å². The van der Waals surface area contributed by atoms with Gasteiger partial charge >= 0.3 is 0 Å². The normalized spacial score (nSPS) is 38.4. The van der Waals surface area contributed by atoms with E-state index in [1.165, 1.54) is 24.8 Å². The molecule has 3 saturated carbocycles. The molecule has 0 bridgehead atoms. The monoisotopic (exact) mass is 641 g/mol. The zero-order chi connectivity index (χ0) is 31.8. The van der Waals surface area contributed by atoms with E-state index in [0.717, 1.165) is 64.6 Å². The van der Waals surface area contributed by atoms with Crippen LogP contribution in [0, 0.1) is 33.0 Å². The van der Waals surface area contributed by atoms with Crippen molar-refractivity contribution in [3.63, 3.8) is 0 Å². The smallest absolute Gasteiger partial charge is 0.215 e. The molecule has 1 heterocycles. The summed E-state index contributed by atoms with van der Waals surface area (Å²) in [6, 6.07) is 18.5. The van der Waals surface area contributed by atoms with Crippen LogP contribution in [0.15, 0.2) is 81.8 Å². The molecule has 2 aromatic carbocycles. The lowest BCUT2D eigenvalue weighted by atomic mass is 9.31. The predicted molar refractivity (Wildman–Crippen MR) is 188 cm³/mol. The number of fused-ring (bicyclic) bond motifs is 5. The topological polar surface area (TPSA) is 49.9 Å². The van der Waals surface area contributed by atoms with Crippen molar-refractivity contribution in [2.45, 2.75) is 99.0 Å². The molecular formula is C39H48ClN3OS. The van der Waals surface area contributed by atoms with Crippen molar-refractivity contribution in [3.8, 4) is 16.9 Å². The second kappa shape index (κ2) is 10.8. The van der Waals surface area contributed by atoms with Crippen molar-refractivity contribution in [3.05, 3.63) is 81.5 Å². The molecule has 45 heavy (non-hydrogen) atoms. The lowest BCUT2D eigenvalue weighted by Gasteiger charge is -2.73. The van der Waals surface area contributed by atoms with Gasteiger partial charge in [0.15, 0.2) is 0 Å². The van der Waals surface area contributed by atoms with E-state index in [9.17, 15) is 5.11 Å². The first-order chi connectivity index (χ1) is 21.4. The molecule has 3 aromatic rings. The maximum Gasteiger partial charge on any atom is 0.215 e. The van der Waals surface area contributed by atoms with E-state index in [4.69, 9.17) is 21.8 Å². The summed E-state index contributed by atoms with van der Waals surface area (Å²) >= 11 is 7.85. The van der Waals surface area contributed by atoms with Crippen LogP contribution in [0.5, 0.6) is 0 Å². The average molecular weight is 642 g/mol. The minimum absolute atomic E-state index is 0.152. The summed E-state index contributed by atoms with van der Waals surface area (Å²) in [5.41, 5.74) is 6.83. The molecule has 4 nitrogen and oxygen atoms in total. The molecule has 4 aliphatic carbocycles. The lowest BCUT2D eigenvalue weighted by molar-refractivity contribution is -0.216. The summed E-state index contributed by atoms with van der Waals surface area (Å²) in [5.74, 6) is 0.403. The molecular weight excluding hydrogens is 594 g/mol. The molecule has 1 N–H and O–H groups in total. The summed E-state index contributed by atoms with van der Waals surface area (Å²) < 4.78 is 2.21. The van der Waals surface area contributed by atoms with E-state index in [0.29, 0.717) is 5.92 Å². The SMILES string of the molecule is C/C(=N\N=c1/scc(-c2ccc(Cl)cc2)n1-c1ccccc1)C1CC[C@@]2(C)[C@]3(C)CC=C4C[C@@H](O)CC[C@]4(C)[C@@]3(C)CC[C@]12C. The molecule has 1 unspecified atom stereocenters. The number of hydrogen-bond donors (Lipinski definition) is 1. The Bertz CT molecular complexity index is 1740. The highest BCUT2D eigenvalue weighted by molar-refractivity contribution is 7.07. The van der Waals surface area contributed by atoms with Gasteiger partial charge in [0.2, 0.25) is 4.80 Å². The molecule has 6 heteroatoms. The largest absolute Gasteiger partial charge is 0.393 e. The lowest BCUT2D eigenvalue weighted by Crippen LogP contribution is -2.66. The Morgan fingerprint density at radius 3 is 2.36 bits per heavy atom. The maximum absolute atomic E-state index is 10.6. The van der Waals surface area contributed by atoms with E-state index in [2.05, 4.69) is 94.0 Å². The number of thiazole rings is 1. The number of halogens is 1. The first kappa shape index (κ1) is 31.1. The van der Waals surface area contributed by atoms with Crippen molar-refractivity contribution < 1.29 is 5.11 Å². The van der Waals surface area contributed by atoms with Crippen LogP contribution in [0.3, 0.4) is 0 Å². The summed E-state index contributed by atoms with van der Waals surface area (Å²) in [7, 11) is 0. The van der Waals surface area contributed by atoms with Gasteiger partial charge in [0, 0.05) is 27.7 Å². The fraction of sp³-hybridized carbons (Fsp3) is 0.538. The molecule has 7 atom stereocenters. The average Bonchev–Trinajstić information content (AvgIpc) is 3.58. The number of aliphatic hydroxyl groups is 1. The van der Waals surface area contributed by atoms with E-state index in [1.54, 1.807) is 11.3 Å². The first-order valence-corrected chi connectivity index (χ1v) is 18.1. The number of aromatic nitrogens is 1. The second-order valence-corrected chi connectivity index (χ2v) is 16.9. The molecule has 7 rings (SSSR count). The van der Waals surface area contributed by atoms with Gasteiger partial charge in [0.05, 0.1) is 11.8 Å². The van der Waals surface area contributed by atoms with Gasteiger partial charge in [-0.25, -0.2) is 0 Å². The Hall–Kier alpha value is -2.47. The molecule has 0 radical (unpaired) electrons. The fourth-order valence-corrected chi connectivity index (χ4v) is 11.8. The van der Waals surface area contributed by atoms with Crippen molar-refractivity contribution in [2.75, 3.05) is 0 Å². The first-order valence-electron chi connectivity index (χ1n) is 16.8. The Balaban J connectivity index is 1.26. The minimum atomic E-state index is -0.175. The number of para-hydroxylation sites is 1. The molecule has 0 spiro atoms. The van der Waals surface area contributed by atoms with Crippen LogP contribution >= 0.6 is 22.9 Å². The Morgan fingerprint density at radius 1 is 0.889 bits per heavy atom. The minimum Gasteiger partial charge on any atom is -0.393 e. The summed E-state index contributed by atoms with van der Waals surface area (Å²) in [6.07, 6.45) is 11.2. The highest BCUT2D eigenvalue weighted by Gasteiger charge is 2.73. The molecule has 1 aromatic heterocycles. The van der Waals surface area contributed by atoms with E-state index in [1.807, 2.05) is 18.2 Å². The molecule has 238 valence electrons. The third kappa shape index (κ3) is 4.32. The van der Waals surface area contributed by atoms with Crippen molar-refractivity contribution in [1.82, 2.24) is 4.57 Å². The van der Waals surface area contributed by atoms with Gasteiger partial charge in [0.1, 0.15) is 0 Å². The highest BCUT2D eigenvalue weighted by Crippen LogP contribution is 2.80. The summed E-state index contributed by atoms with van der Waals surface area (Å²) in [5, 5.41) is 23.5. The third-order valence-corrected chi connectivity index (χ3v) is 15.4. The number of hydrogen-bond acceptors (Lipinski definition) is 4. The molecule has 4 aliphatic rings. The van der Waals surface area contributed by atoms with E-state index in [-0.39, 0.29) is 33.2 Å². The van der Waals surface area contributed by atoms with Gasteiger partial charge in [-0.1, -0.05) is 88.2 Å².